The van der Waals surface area contributed by atoms with Crippen LogP contribution in [0.2, 0.25) is 0 Å². The van der Waals surface area contributed by atoms with E-state index in [2.05, 4.69) is 15.2 Å². The third kappa shape index (κ3) is 4.46. The van der Waals surface area contributed by atoms with Gasteiger partial charge in [-0.15, -0.1) is 0 Å². The Bertz CT molecular complexity index is 995. The molecular weight excluding hydrogens is 380 g/mol. The van der Waals surface area contributed by atoms with Gasteiger partial charge in [0.15, 0.2) is 0 Å². The minimum atomic E-state index is -0.108. The second-order valence-electron chi connectivity index (χ2n) is 7.28. The van der Waals surface area contributed by atoms with Gasteiger partial charge in [0, 0.05) is 38.3 Å². The number of carbonyl (C=O) groups is 1. The summed E-state index contributed by atoms with van der Waals surface area (Å²) in [5.41, 5.74) is 2.60. The van der Waals surface area contributed by atoms with Crippen LogP contribution in [-0.4, -0.2) is 54.1 Å². The van der Waals surface area contributed by atoms with Gasteiger partial charge in [0.05, 0.1) is 18.5 Å². The maximum atomic E-state index is 12.6. The summed E-state index contributed by atoms with van der Waals surface area (Å²) in [6, 6.07) is 17.2. The molecule has 3 aromatic rings. The van der Waals surface area contributed by atoms with E-state index < -0.39 is 0 Å². The first-order chi connectivity index (χ1) is 14.6. The summed E-state index contributed by atoms with van der Waals surface area (Å²) in [5, 5.41) is 2.94. The van der Waals surface area contributed by atoms with Crippen molar-refractivity contribution >= 4 is 11.7 Å². The number of benzene rings is 2. The van der Waals surface area contributed by atoms with Gasteiger partial charge in [-0.05, 0) is 31.2 Å². The molecule has 0 bridgehead atoms. The third-order valence-corrected chi connectivity index (χ3v) is 5.29. The second-order valence-corrected chi connectivity index (χ2v) is 7.28. The van der Waals surface area contributed by atoms with Crippen LogP contribution in [0, 0.1) is 6.92 Å². The average molecular weight is 406 g/mol. The van der Waals surface area contributed by atoms with E-state index >= 15 is 0 Å². The first-order valence-corrected chi connectivity index (χ1v) is 10.1. The molecular formula is C23H26N4O3. The summed E-state index contributed by atoms with van der Waals surface area (Å²) in [4.78, 5) is 21.4. The fourth-order valence-electron chi connectivity index (χ4n) is 3.54. The van der Waals surface area contributed by atoms with Crippen LogP contribution in [0.15, 0.2) is 59.0 Å². The average Bonchev–Trinajstić information content (AvgIpc) is 3.15. The normalized spacial score (nSPS) is 14.5. The van der Waals surface area contributed by atoms with Crippen molar-refractivity contribution in [2.75, 3.05) is 38.6 Å². The van der Waals surface area contributed by atoms with Crippen molar-refractivity contribution in [3.8, 4) is 17.2 Å². The molecule has 2 aromatic carbocycles. The number of hydrogen-bond donors (Lipinski definition) is 1. The van der Waals surface area contributed by atoms with Crippen LogP contribution in [0.4, 0.5) is 10.5 Å². The summed E-state index contributed by atoms with van der Waals surface area (Å²) in [6.45, 7) is 5.54. The summed E-state index contributed by atoms with van der Waals surface area (Å²) in [5.74, 6) is 2.14. The van der Waals surface area contributed by atoms with Gasteiger partial charge >= 0.3 is 6.03 Å². The number of para-hydroxylation sites is 2. The molecule has 30 heavy (non-hydrogen) atoms. The van der Waals surface area contributed by atoms with Gasteiger partial charge in [0.25, 0.3) is 0 Å². The van der Waals surface area contributed by atoms with E-state index in [9.17, 15) is 4.79 Å². The summed E-state index contributed by atoms with van der Waals surface area (Å²) >= 11 is 0. The van der Waals surface area contributed by atoms with Crippen molar-refractivity contribution in [3.63, 3.8) is 0 Å². The van der Waals surface area contributed by atoms with Crippen LogP contribution >= 0.6 is 0 Å². The molecule has 4 rings (SSSR count). The number of oxazole rings is 1. The number of anilines is 1. The molecule has 1 fully saturated rings. The van der Waals surface area contributed by atoms with Crippen molar-refractivity contribution in [2.24, 2.45) is 0 Å². The lowest BCUT2D eigenvalue weighted by atomic mass is 10.2. The van der Waals surface area contributed by atoms with Crippen LogP contribution in [0.3, 0.4) is 0 Å². The minimum Gasteiger partial charge on any atom is -0.495 e. The van der Waals surface area contributed by atoms with Gasteiger partial charge < -0.3 is 19.4 Å². The van der Waals surface area contributed by atoms with Crippen LogP contribution in [0.1, 0.15) is 11.5 Å². The predicted octanol–water partition coefficient (Wildman–Crippen LogP) is 4.01. The molecule has 1 aliphatic rings. The molecule has 2 amide bonds. The molecule has 0 saturated carbocycles. The Morgan fingerprint density at radius 1 is 1.07 bits per heavy atom. The van der Waals surface area contributed by atoms with Gasteiger partial charge in [-0.3, -0.25) is 4.90 Å². The van der Waals surface area contributed by atoms with E-state index in [4.69, 9.17) is 9.15 Å². The van der Waals surface area contributed by atoms with Crippen molar-refractivity contribution in [2.45, 2.75) is 13.5 Å². The highest BCUT2D eigenvalue weighted by molar-refractivity contribution is 5.91. The Morgan fingerprint density at radius 2 is 1.77 bits per heavy atom. The highest BCUT2D eigenvalue weighted by Gasteiger charge is 2.23. The van der Waals surface area contributed by atoms with Gasteiger partial charge in [0.1, 0.15) is 11.5 Å². The van der Waals surface area contributed by atoms with Crippen LogP contribution < -0.4 is 10.1 Å². The predicted molar refractivity (Wildman–Crippen MR) is 116 cm³/mol. The highest BCUT2D eigenvalue weighted by Crippen LogP contribution is 2.24. The molecule has 1 N–H and O–H groups in total. The second kappa shape index (κ2) is 9.00. The maximum absolute atomic E-state index is 12.6. The Balaban J connectivity index is 1.33. The van der Waals surface area contributed by atoms with Gasteiger partial charge in [-0.1, -0.05) is 30.3 Å². The van der Waals surface area contributed by atoms with Gasteiger partial charge in [-0.25, -0.2) is 9.78 Å². The number of rotatable bonds is 5. The number of aryl methyl sites for hydroxylation is 1. The van der Waals surface area contributed by atoms with Crippen molar-refractivity contribution in [1.82, 2.24) is 14.8 Å². The maximum Gasteiger partial charge on any atom is 0.322 e. The van der Waals surface area contributed by atoms with Crippen molar-refractivity contribution in [3.05, 3.63) is 66.1 Å². The molecule has 156 valence electrons. The zero-order valence-corrected chi connectivity index (χ0v) is 17.3. The number of nitrogens with zero attached hydrogens (tertiary/aromatic N) is 3. The summed E-state index contributed by atoms with van der Waals surface area (Å²) < 4.78 is 11.2. The number of methoxy groups -OCH3 is 1. The quantitative estimate of drug-likeness (QED) is 0.693. The molecule has 7 nitrogen and oxygen atoms in total. The molecule has 1 aliphatic heterocycles. The first kappa shape index (κ1) is 20.0. The largest absolute Gasteiger partial charge is 0.495 e. The van der Waals surface area contributed by atoms with Gasteiger partial charge in [0.2, 0.25) is 5.89 Å². The smallest absolute Gasteiger partial charge is 0.322 e. The molecule has 2 heterocycles. The Labute approximate surface area is 176 Å². The Hall–Kier alpha value is -3.32. The van der Waals surface area contributed by atoms with E-state index in [1.807, 2.05) is 66.4 Å². The number of urea groups is 1. The molecule has 1 saturated heterocycles. The monoisotopic (exact) mass is 406 g/mol. The first-order valence-electron chi connectivity index (χ1n) is 10.1. The third-order valence-electron chi connectivity index (χ3n) is 5.29. The number of aromatic nitrogens is 1. The number of hydrogen-bond acceptors (Lipinski definition) is 5. The minimum absolute atomic E-state index is 0.108. The molecule has 1 aromatic heterocycles. The zero-order chi connectivity index (χ0) is 20.9. The standard InChI is InChI=1S/C23H26N4O3/c1-17-20(24-22(30-17)18-8-4-3-5-9-18)16-26-12-14-27(15-13-26)23(28)25-19-10-6-7-11-21(19)29-2/h3-11H,12-16H2,1-2H3,(H,25,28). The number of nitrogens with one attached hydrogen (secondary N) is 1. The summed E-state index contributed by atoms with van der Waals surface area (Å²) in [6.07, 6.45) is 0. The lowest BCUT2D eigenvalue weighted by molar-refractivity contribution is 0.141. The topological polar surface area (TPSA) is 70.8 Å². The number of carbonyl (C=O) groups excluding carboxylic acids is 1. The molecule has 0 spiro atoms. The van der Waals surface area contributed by atoms with E-state index in [1.165, 1.54) is 0 Å². The molecule has 0 unspecified atom stereocenters. The Kier molecular flexibility index (Phi) is 5.99. The van der Waals surface area contributed by atoms with E-state index in [1.54, 1.807) is 7.11 Å². The fourth-order valence-corrected chi connectivity index (χ4v) is 3.54. The van der Waals surface area contributed by atoms with Crippen molar-refractivity contribution < 1.29 is 13.9 Å². The number of piperazine rings is 1. The highest BCUT2D eigenvalue weighted by atomic mass is 16.5. The molecule has 0 aliphatic carbocycles. The summed E-state index contributed by atoms with van der Waals surface area (Å²) in [7, 11) is 1.60. The van der Waals surface area contributed by atoms with E-state index in [-0.39, 0.29) is 6.03 Å². The number of amides is 2. The Morgan fingerprint density at radius 3 is 2.50 bits per heavy atom. The molecule has 0 radical (unpaired) electrons. The SMILES string of the molecule is COc1ccccc1NC(=O)N1CCN(Cc2nc(-c3ccccc3)oc2C)CC1. The number of ether oxygens (including phenoxy) is 1. The van der Waals surface area contributed by atoms with Crippen LogP contribution in [0.25, 0.3) is 11.5 Å². The lowest BCUT2D eigenvalue weighted by Crippen LogP contribution is -2.49. The van der Waals surface area contributed by atoms with E-state index in [0.717, 1.165) is 30.1 Å². The fraction of sp³-hybridized carbons (Fsp3) is 0.304. The molecule has 7 heteroatoms. The van der Waals surface area contributed by atoms with Crippen LogP contribution in [-0.2, 0) is 6.54 Å². The van der Waals surface area contributed by atoms with E-state index in [0.29, 0.717) is 37.0 Å². The van der Waals surface area contributed by atoms with Gasteiger partial charge in [-0.2, -0.15) is 0 Å². The molecule has 0 atom stereocenters. The zero-order valence-electron chi connectivity index (χ0n) is 17.3. The lowest BCUT2D eigenvalue weighted by Gasteiger charge is -2.34. The van der Waals surface area contributed by atoms with Crippen molar-refractivity contribution in [1.29, 1.82) is 0 Å². The van der Waals surface area contributed by atoms with Crippen LogP contribution in [0.5, 0.6) is 5.75 Å².